The van der Waals surface area contributed by atoms with Crippen LogP contribution < -0.4 is 0 Å². The van der Waals surface area contributed by atoms with Crippen LogP contribution in [0.2, 0.25) is 0 Å². The van der Waals surface area contributed by atoms with Crippen LogP contribution in [0, 0.1) is 0 Å². The number of rotatable bonds is 7. The van der Waals surface area contributed by atoms with Crippen molar-refractivity contribution in [2.45, 2.75) is 59.6 Å². The zero-order chi connectivity index (χ0) is 11.8. The molecule has 0 heterocycles. The van der Waals surface area contributed by atoms with Crippen LogP contribution in [0.3, 0.4) is 0 Å². The number of carbonyl (C=O) groups excluding carboxylic acids is 1. The summed E-state index contributed by atoms with van der Waals surface area (Å²) in [5, 5.41) is 0. The lowest BCUT2D eigenvalue weighted by molar-refractivity contribution is -0.130. The molecule has 0 saturated heterocycles. The third-order valence-corrected chi connectivity index (χ3v) is 2.27. The van der Waals surface area contributed by atoms with Crippen molar-refractivity contribution >= 4 is 5.91 Å². The monoisotopic (exact) mass is 215 g/mol. The molecule has 0 rings (SSSR count). The van der Waals surface area contributed by atoms with Gasteiger partial charge in [-0.25, -0.2) is 0 Å². The van der Waals surface area contributed by atoms with Gasteiger partial charge in [0.2, 0.25) is 5.91 Å². The molecule has 0 atom stereocenters. The van der Waals surface area contributed by atoms with E-state index in [4.69, 9.17) is 4.74 Å². The van der Waals surface area contributed by atoms with Crippen LogP contribution >= 0.6 is 0 Å². The van der Waals surface area contributed by atoms with E-state index in [9.17, 15) is 4.79 Å². The molecule has 0 aliphatic carbocycles. The summed E-state index contributed by atoms with van der Waals surface area (Å²) in [5.74, 6) is 0.162. The molecular formula is C12H25NO2. The number of hydrogen-bond acceptors (Lipinski definition) is 2. The van der Waals surface area contributed by atoms with E-state index in [1.807, 2.05) is 32.6 Å². The standard InChI is InChI=1S/C12H25NO2/c1-10(2)13(12(5)14)8-6-7-9-15-11(3)4/h10-11H,6-9H2,1-5H3. The topological polar surface area (TPSA) is 29.5 Å². The molecule has 0 saturated carbocycles. The van der Waals surface area contributed by atoms with Gasteiger partial charge in [-0.3, -0.25) is 4.79 Å². The zero-order valence-electron chi connectivity index (χ0n) is 10.7. The Kier molecular flexibility index (Phi) is 7.39. The maximum atomic E-state index is 11.3. The van der Waals surface area contributed by atoms with Crippen molar-refractivity contribution < 1.29 is 9.53 Å². The van der Waals surface area contributed by atoms with Gasteiger partial charge >= 0.3 is 0 Å². The van der Waals surface area contributed by atoms with Gasteiger partial charge in [0.05, 0.1) is 6.10 Å². The normalized spacial score (nSPS) is 11.1. The summed E-state index contributed by atoms with van der Waals surface area (Å²) in [6.07, 6.45) is 2.35. The molecule has 3 nitrogen and oxygen atoms in total. The zero-order valence-corrected chi connectivity index (χ0v) is 10.7. The molecule has 0 aliphatic rings. The second kappa shape index (κ2) is 7.69. The highest BCUT2D eigenvalue weighted by atomic mass is 16.5. The summed E-state index contributed by atoms with van der Waals surface area (Å²) < 4.78 is 5.44. The predicted octanol–water partition coefficient (Wildman–Crippen LogP) is 2.45. The highest BCUT2D eigenvalue weighted by molar-refractivity contribution is 5.73. The fourth-order valence-corrected chi connectivity index (χ4v) is 1.48. The average Bonchev–Trinajstić information content (AvgIpc) is 2.08. The fourth-order valence-electron chi connectivity index (χ4n) is 1.48. The molecule has 0 aromatic carbocycles. The van der Waals surface area contributed by atoms with Crippen LogP contribution in [0.25, 0.3) is 0 Å². The second-order valence-corrected chi connectivity index (χ2v) is 4.43. The molecule has 0 unspecified atom stereocenters. The van der Waals surface area contributed by atoms with Gasteiger partial charge in [0.25, 0.3) is 0 Å². The number of nitrogens with zero attached hydrogens (tertiary/aromatic N) is 1. The molecule has 1 amide bonds. The first-order valence-corrected chi connectivity index (χ1v) is 5.84. The van der Waals surface area contributed by atoms with Gasteiger partial charge in [0.1, 0.15) is 0 Å². The minimum absolute atomic E-state index is 0.162. The van der Waals surface area contributed by atoms with Crippen LogP contribution in [0.15, 0.2) is 0 Å². The second-order valence-electron chi connectivity index (χ2n) is 4.43. The van der Waals surface area contributed by atoms with Gasteiger partial charge in [-0.15, -0.1) is 0 Å². The molecule has 0 fully saturated rings. The molecule has 0 aliphatic heterocycles. The Morgan fingerprint density at radius 2 is 1.80 bits per heavy atom. The molecule has 0 aromatic rings. The third kappa shape index (κ3) is 7.37. The lowest BCUT2D eigenvalue weighted by Crippen LogP contribution is -2.36. The maximum absolute atomic E-state index is 11.3. The average molecular weight is 215 g/mol. The summed E-state index contributed by atoms with van der Waals surface area (Å²) >= 11 is 0. The van der Waals surface area contributed by atoms with Crippen LogP contribution in [-0.4, -0.2) is 36.1 Å². The van der Waals surface area contributed by atoms with Crippen LogP contribution in [0.5, 0.6) is 0 Å². The lowest BCUT2D eigenvalue weighted by atomic mass is 10.2. The molecule has 0 spiro atoms. The summed E-state index contributed by atoms with van der Waals surface area (Å²) in [5.41, 5.74) is 0. The van der Waals surface area contributed by atoms with Gasteiger partial charge < -0.3 is 9.64 Å². The number of hydrogen-bond donors (Lipinski definition) is 0. The van der Waals surface area contributed by atoms with Gasteiger partial charge in [0.15, 0.2) is 0 Å². The molecule has 3 heteroatoms. The first kappa shape index (κ1) is 14.4. The Morgan fingerprint density at radius 1 is 1.20 bits per heavy atom. The van der Waals surface area contributed by atoms with E-state index in [2.05, 4.69) is 0 Å². The summed E-state index contributed by atoms with van der Waals surface area (Å²) in [6, 6.07) is 0.300. The molecule has 15 heavy (non-hydrogen) atoms. The first-order valence-electron chi connectivity index (χ1n) is 5.84. The van der Waals surface area contributed by atoms with Crippen molar-refractivity contribution in [3.8, 4) is 0 Å². The van der Waals surface area contributed by atoms with Crippen LogP contribution in [-0.2, 0) is 9.53 Å². The van der Waals surface area contributed by atoms with Crippen molar-refractivity contribution in [2.24, 2.45) is 0 Å². The molecule has 0 radical (unpaired) electrons. The SMILES string of the molecule is CC(=O)N(CCCCOC(C)C)C(C)C. The highest BCUT2D eigenvalue weighted by Crippen LogP contribution is 2.03. The Bertz CT molecular complexity index is 178. The van der Waals surface area contributed by atoms with E-state index in [1.165, 1.54) is 0 Å². The van der Waals surface area contributed by atoms with E-state index in [1.54, 1.807) is 6.92 Å². The number of amides is 1. The largest absolute Gasteiger partial charge is 0.379 e. The molecule has 0 bridgehead atoms. The van der Waals surface area contributed by atoms with Crippen molar-refractivity contribution in [3.05, 3.63) is 0 Å². The van der Waals surface area contributed by atoms with Gasteiger partial charge in [-0.1, -0.05) is 0 Å². The molecular weight excluding hydrogens is 190 g/mol. The van der Waals surface area contributed by atoms with E-state index in [0.717, 1.165) is 26.0 Å². The van der Waals surface area contributed by atoms with Crippen LogP contribution in [0.4, 0.5) is 0 Å². The molecule has 0 aromatic heterocycles. The lowest BCUT2D eigenvalue weighted by Gasteiger charge is -2.25. The first-order chi connectivity index (χ1) is 6.95. The molecule has 90 valence electrons. The van der Waals surface area contributed by atoms with Crippen molar-refractivity contribution in [2.75, 3.05) is 13.2 Å². The smallest absolute Gasteiger partial charge is 0.219 e. The third-order valence-electron chi connectivity index (χ3n) is 2.27. The number of carbonyl (C=O) groups is 1. The van der Waals surface area contributed by atoms with Crippen molar-refractivity contribution in [1.82, 2.24) is 4.90 Å². The Morgan fingerprint density at radius 3 is 2.20 bits per heavy atom. The Hall–Kier alpha value is -0.570. The Balaban J connectivity index is 3.59. The number of unbranched alkanes of at least 4 members (excludes halogenated alkanes) is 1. The maximum Gasteiger partial charge on any atom is 0.219 e. The summed E-state index contributed by atoms with van der Waals surface area (Å²) in [6.45, 7) is 11.4. The van der Waals surface area contributed by atoms with Gasteiger partial charge in [0, 0.05) is 26.1 Å². The summed E-state index contributed by atoms with van der Waals surface area (Å²) in [4.78, 5) is 13.2. The molecule has 0 N–H and O–H groups in total. The van der Waals surface area contributed by atoms with Crippen LogP contribution in [0.1, 0.15) is 47.5 Å². The van der Waals surface area contributed by atoms with Gasteiger partial charge in [-0.2, -0.15) is 0 Å². The Labute approximate surface area is 93.8 Å². The van der Waals surface area contributed by atoms with Crippen molar-refractivity contribution in [3.63, 3.8) is 0 Å². The van der Waals surface area contributed by atoms with E-state index < -0.39 is 0 Å². The summed E-state index contributed by atoms with van der Waals surface area (Å²) in [7, 11) is 0. The fraction of sp³-hybridized carbons (Fsp3) is 0.917. The quantitative estimate of drug-likeness (QED) is 0.610. The van der Waals surface area contributed by atoms with Crippen molar-refractivity contribution in [1.29, 1.82) is 0 Å². The highest BCUT2D eigenvalue weighted by Gasteiger charge is 2.11. The minimum atomic E-state index is 0.162. The van der Waals surface area contributed by atoms with E-state index in [-0.39, 0.29) is 5.91 Å². The van der Waals surface area contributed by atoms with Gasteiger partial charge in [-0.05, 0) is 40.5 Å². The van der Waals surface area contributed by atoms with E-state index >= 15 is 0 Å². The predicted molar refractivity (Wildman–Crippen MR) is 62.8 cm³/mol. The number of ether oxygens (including phenoxy) is 1. The minimum Gasteiger partial charge on any atom is -0.379 e. The van der Waals surface area contributed by atoms with E-state index in [0.29, 0.717) is 12.1 Å².